The van der Waals surface area contributed by atoms with Crippen molar-refractivity contribution in [2.75, 3.05) is 0 Å². The molecule has 1 fully saturated rings. The molecule has 0 aliphatic heterocycles. The molecule has 0 radical (unpaired) electrons. The average Bonchev–Trinajstić information content (AvgIpc) is 2.61. The monoisotopic (exact) mass is 332 g/mol. The van der Waals surface area contributed by atoms with Gasteiger partial charge in [-0.3, -0.25) is 16.3 Å². The molecule has 5 nitrogen and oxygen atoms in total. The Morgan fingerprint density at radius 1 is 1.33 bits per heavy atom. The van der Waals surface area contributed by atoms with Crippen molar-refractivity contribution in [3.05, 3.63) is 42.3 Å². The average molecular weight is 332 g/mol. The summed E-state index contributed by atoms with van der Waals surface area (Å²) in [6.07, 6.45) is 7.79. The van der Waals surface area contributed by atoms with E-state index in [2.05, 4.69) is 18.9 Å². The second kappa shape index (κ2) is 9.06. The molecule has 0 saturated heterocycles. The van der Waals surface area contributed by atoms with Crippen LogP contribution in [0.25, 0.3) is 0 Å². The number of nitrogens with one attached hydrogen (secondary N) is 1. The quantitative estimate of drug-likeness (QED) is 0.385. The maximum Gasteiger partial charge on any atom is 0.202 e. The molecule has 0 bridgehead atoms. The summed E-state index contributed by atoms with van der Waals surface area (Å²) in [6.45, 7) is 8.13. The third-order valence-corrected chi connectivity index (χ3v) is 5.01. The molecule has 0 amide bonds. The van der Waals surface area contributed by atoms with Gasteiger partial charge in [-0.25, -0.2) is 5.84 Å². The van der Waals surface area contributed by atoms with Crippen LogP contribution in [0.2, 0.25) is 0 Å². The molecular weight excluding hydrogens is 300 g/mol. The highest BCUT2D eigenvalue weighted by molar-refractivity contribution is 5.31. The topological polar surface area (TPSA) is 76.5 Å². The SMILES string of the molecule is C=C(Oc1cccc(C(C)NN)c1)N(N)C(C)CC1CCCCC1. The molecule has 24 heavy (non-hydrogen) atoms. The van der Waals surface area contributed by atoms with Crippen LogP contribution < -0.4 is 21.8 Å². The Morgan fingerprint density at radius 3 is 2.71 bits per heavy atom. The standard InChI is InChI=1S/C19H32N4O/c1-14(12-17-8-5-4-6-9-17)23(21)16(3)24-19-11-7-10-18(13-19)15(2)22-20/h7,10-11,13-15,17,22H,3-6,8-9,12,20-21H2,1-2H3. The van der Waals surface area contributed by atoms with Gasteiger partial charge in [-0.15, -0.1) is 0 Å². The van der Waals surface area contributed by atoms with E-state index in [1.165, 1.54) is 32.1 Å². The van der Waals surface area contributed by atoms with Gasteiger partial charge < -0.3 is 4.74 Å². The van der Waals surface area contributed by atoms with E-state index in [1.54, 1.807) is 5.01 Å². The van der Waals surface area contributed by atoms with Crippen LogP contribution in [0.5, 0.6) is 5.75 Å². The lowest BCUT2D eigenvalue weighted by molar-refractivity contribution is 0.147. The molecule has 0 spiro atoms. The largest absolute Gasteiger partial charge is 0.440 e. The molecule has 5 heteroatoms. The predicted molar refractivity (Wildman–Crippen MR) is 98.6 cm³/mol. The van der Waals surface area contributed by atoms with Crippen molar-refractivity contribution in [2.24, 2.45) is 17.6 Å². The number of hydrazine groups is 2. The highest BCUT2D eigenvalue weighted by atomic mass is 16.5. The molecule has 2 rings (SSSR count). The van der Waals surface area contributed by atoms with Crippen molar-refractivity contribution in [3.8, 4) is 5.75 Å². The summed E-state index contributed by atoms with van der Waals surface area (Å²) in [4.78, 5) is 0. The third-order valence-electron chi connectivity index (χ3n) is 5.01. The Morgan fingerprint density at radius 2 is 2.04 bits per heavy atom. The number of ether oxygens (including phenoxy) is 1. The van der Waals surface area contributed by atoms with E-state index >= 15 is 0 Å². The van der Waals surface area contributed by atoms with E-state index in [-0.39, 0.29) is 12.1 Å². The van der Waals surface area contributed by atoms with Crippen LogP contribution in [0.15, 0.2) is 36.7 Å². The Labute approximate surface area is 146 Å². The minimum Gasteiger partial charge on any atom is -0.440 e. The maximum absolute atomic E-state index is 6.23. The summed E-state index contributed by atoms with van der Waals surface area (Å²) in [7, 11) is 0. The molecule has 2 atom stereocenters. The van der Waals surface area contributed by atoms with E-state index in [0.29, 0.717) is 5.88 Å². The molecule has 1 aromatic carbocycles. The van der Waals surface area contributed by atoms with Crippen molar-refractivity contribution in [1.82, 2.24) is 10.4 Å². The van der Waals surface area contributed by atoms with Crippen molar-refractivity contribution in [3.63, 3.8) is 0 Å². The number of benzene rings is 1. The zero-order valence-electron chi connectivity index (χ0n) is 15.0. The minimum absolute atomic E-state index is 0.0565. The van der Waals surface area contributed by atoms with E-state index in [1.807, 2.05) is 31.2 Å². The van der Waals surface area contributed by atoms with Gasteiger partial charge in [0, 0.05) is 12.1 Å². The van der Waals surface area contributed by atoms with Crippen molar-refractivity contribution >= 4 is 0 Å². The van der Waals surface area contributed by atoms with Gasteiger partial charge in [-0.1, -0.05) is 44.2 Å². The molecule has 1 aliphatic rings. The van der Waals surface area contributed by atoms with Crippen LogP contribution in [0, 0.1) is 5.92 Å². The van der Waals surface area contributed by atoms with Gasteiger partial charge in [-0.05, 0) is 50.5 Å². The molecule has 5 N–H and O–H groups in total. The van der Waals surface area contributed by atoms with Gasteiger partial charge in [0.2, 0.25) is 5.88 Å². The second-order valence-corrected chi connectivity index (χ2v) is 6.95. The minimum atomic E-state index is 0.0565. The summed E-state index contributed by atoms with van der Waals surface area (Å²) < 4.78 is 5.86. The Bertz CT molecular complexity index is 528. The summed E-state index contributed by atoms with van der Waals surface area (Å²) in [5, 5.41) is 1.66. The highest BCUT2D eigenvalue weighted by Crippen LogP contribution is 2.29. The summed E-state index contributed by atoms with van der Waals surface area (Å²) >= 11 is 0. The van der Waals surface area contributed by atoms with Crippen molar-refractivity contribution in [2.45, 2.75) is 64.5 Å². The lowest BCUT2D eigenvalue weighted by Crippen LogP contribution is -2.41. The van der Waals surface area contributed by atoms with Crippen LogP contribution in [0.4, 0.5) is 0 Å². The first-order valence-corrected chi connectivity index (χ1v) is 8.98. The molecule has 2 unspecified atom stereocenters. The molecule has 0 aromatic heterocycles. The first-order valence-electron chi connectivity index (χ1n) is 8.98. The fourth-order valence-corrected chi connectivity index (χ4v) is 3.40. The van der Waals surface area contributed by atoms with Gasteiger partial charge in [0.25, 0.3) is 0 Å². The number of nitrogens with zero attached hydrogens (tertiary/aromatic N) is 1. The van der Waals surface area contributed by atoms with Crippen LogP contribution in [0.3, 0.4) is 0 Å². The summed E-state index contributed by atoms with van der Waals surface area (Å²) in [5.74, 6) is 13.7. The molecule has 1 aromatic rings. The number of rotatable bonds is 8. The molecule has 134 valence electrons. The van der Waals surface area contributed by atoms with Gasteiger partial charge in [0.05, 0.1) is 0 Å². The maximum atomic E-state index is 6.23. The summed E-state index contributed by atoms with van der Waals surface area (Å²) in [5.41, 5.74) is 3.79. The molecular formula is C19H32N4O. The van der Waals surface area contributed by atoms with E-state index in [0.717, 1.165) is 23.7 Å². The van der Waals surface area contributed by atoms with Crippen LogP contribution in [0.1, 0.15) is 64.0 Å². The first kappa shape index (κ1) is 18.8. The Hall–Kier alpha value is -1.56. The zero-order chi connectivity index (χ0) is 17.5. The Balaban J connectivity index is 1.90. The highest BCUT2D eigenvalue weighted by Gasteiger charge is 2.21. The van der Waals surface area contributed by atoms with Crippen molar-refractivity contribution < 1.29 is 4.74 Å². The predicted octanol–water partition coefficient (Wildman–Crippen LogP) is 3.60. The van der Waals surface area contributed by atoms with Gasteiger partial charge >= 0.3 is 0 Å². The summed E-state index contributed by atoms with van der Waals surface area (Å²) in [6, 6.07) is 8.08. The Kier molecular flexibility index (Phi) is 7.09. The van der Waals surface area contributed by atoms with Crippen LogP contribution in [-0.4, -0.2) is 11.1 Å². The smallest absolute Gasteiger partial charge is 0.202 e. The fraction of sp³-hybridized carbons (Fsp3) is 0.579. The van der Waals surface area contributed by atoms with Crippen LogP contribution >= 0.6 is 0 Å². The fourth-order valence-electron chi connectivity index (χ4n) is 3.40. The normalized spacial score (nSPS) is 18.0. The third kappa shape index (κ3) is 5.23. The van der Waals surface area contributed by atoms with Gasteiger partial charge in [0.15, 0.2) is 0 Å². The van der Waals surface area contributed by atoms with E-state index in [9.17, 15) is 0 Å². The van der Waals surface area contributed by atoms with Crippen molar-refractivity contribution in [1.29, 1.82) is 0 Å². The second-order valence-electron chi connectivity index (χ2n) is 6.95. The number of hydrogen-bond donors (Lipinski definition) is 3. The van der Waals surface area contributed by atoms with Crippen LogP contribution in [-0.2, 0) is 0 Å². The molecule has 1 saturated carbocycles. The first-order chi connectivity index (χ1) is 11.5. The zero-order valence-corrected chi connectivity index (χ0v) is 15.0. The van der Waals surface area contributed by atoms with Gasteiger partial charge in [0.1, 0.15) is 5.75 Å². The molecule has 0 heterocycles. The number of nitrogens with two attached hydrogens (primary N) is 2. The van der Waals surface area contributed by atoms with E-state index in [4.69, 9.17) is 16.4 Å². The van der Waals surface area contributed by atoms with Gasteiger partial charge in [-0.2, -0.15) is 0 Å². The lowest BCUT2D eigenvalue weighted by atomic mass is 9.85. The lowest BCUT2D eigenvalue weighted by Gasteiger charge is -2.31. The molecule has 1 aliphatic carbocycles. The van der Waals surface area contributed by atoms with E-state index < -0.39 is 0 Å². The number of hydrogen-bond acceptors (Lipinski definition) is 5.